The molecule has 1 N–H and O–H groups in total. The largest absolute Gasteiger partial charge is 0.450 e. The molecule has 2 fully saturated rings. The highest BCUT2D eigenvalue weighted by molar-refractivity contribution is 5.98. The van der Waals surface area contributed by atoms with Gasteiger partial charge in [0.05, 0.1) is 6.61 Å². The summed E-state index contributed by atoms with van der Waals surface area (Å²) in [6.45, 7) is 4.49. The Bertz CT molecular complexity index is 694. The molecule has 0 radical (unpaired) electrons. The fourth-order valence-electron chi connectivity index (χ4n) is 3.23. The first-order valence-electron chi connectivity index (χ1n) is 9.32. The summed E-state index contributed by atoms with van der Waals surface area (Å²) >= 11 is 0. The second kappa shape index (κ2) is 8.85. The van der Waals surface area contributed by atoms with E-state index in [1.54, 1.807) is 41.0 Å². The molecule has 8 nitrogen and oxygen atoms in total. The molecule has 27 heavy (non-hydrogen) atoms. The molecule has 0 aromatic heterocycles. The van der Waals surface area contributed by atoms with Crippen molar-refractivity contribution in [2.75, 3.05) is 44.7 Å². The summed E-state index contributed by atoms with van der Waals surface area (Å²) in [4.78, 5) is 40.0. The Morgan fingerprint density at radius 3 is 2.59 bits per heavy atom. The van der Waals surface area contributed by atoms with E-state index in [2.05, 4.69) is 5.32 Å². The molecule has 0 spiro atoms. The Morgan fingerprint density at radius 1 is 1.19 bits per heavy atom. The van der Waals surface area contributed by atoms with Crippen molar-refractivity contribution in [1.29, 1.82) is 0 Å². The molecule has 146 valence electrons. The van der Waals surface area contributed by atoms with Gasteiger partial charge in [-0.15, -0.1) is 0 Å². The normalized spacial score (nSPS) is 19.7. The third-order valence-corrected chi connectivity index (χ3v) is 4.69. The van der Waals surface area contributed by atoms with Crippen LogP contribution in [-0.4, -0.2) is 73.2 Å². The van der Waals surface area contributed by atoms with Gasteiger partial charge in [-0.05, 0) is 38.0 Å². The van der Waals surface area contributed by atoms with E-state index in [9.17, 15) is 14.4 Å². The zero-order chi connectivity index (χ0) is 19.2. The molecule has 2 saturated heterocycles. The highest BCUT2D eigenvalue weighted by Crippen LogP contribution is 2.18. The molecule has 2 aliphatic heterocycles. The topological polar surface area (TPSA) is 88.2 Å². The number of nitrogens with one attached hydrogen (secondary N) is 1. The van der Waals surface area contributed by atoms with E-state index >= 15 is 0 Å². The van der Waals surface area contributed by atoms with E-state index in [4.69, 9.17) is 9.47 Å². The zero-order valence-electron chi connectivity index (χ0n) is 15.5. The van der Waals surface area contributed by atoms with Crippen molar-refractivity contribution in [3.05, 3.63) is 29.8 Å². The van der Waals surface area contributed by atoms with Gasteiger partial charge in [-0.3, -0.25) is 9.59 Å². The summed E-state index contributed by atoms with van der Waals surface area (Å²) in [6.07, 6.45) is 0.840. The van der Waals surface area contributed by atoms with Crippen LogP contribution >= 0.6 is 0 Å². The molecule has 0 bridgehead atoms. The molecule has 1 aromatic rings. The van der Waals surface area contributed by atoms with Crippen LogP contribution in [0.4, 0.5) is 10.5 Å². The van der Waals surface area contributed by atoms with Gasteiger partial charge in [-0.2, -0.15) is 0 Å². The van der Waals surface area contributed by atoms with Gasteiger partial charge in [0.25, 0.3) is 11.8 Å². The van der Waals surface area contributed by atoms with Gasteiger partial charge in [0.1, 0.15) is 6.10 Å². The third-order valence-electron chi connectivity index (χ3n) is 4.69. The van der Waals surface area contributed by atoms with Crippen LogP contribution in [-0.2, 0) is 14.3 Å². The number of ether oxygens (including phenoxy) is 2. The molecule has 3 rings (SSSR count). The lowest BCUT2D eigenvalue weighted by Gasteiger charge is -2.34. The minimum Gasteiger partial charge on any atom is -0.450 e. The van der Waals surface area contributed by atoms with E-state index in [1.807, 2.05) is 0 Å². The predicted octanol–water partition coefficient (Wildman–Crippen LogP) is 1.72. The van der Waals surface area contributed by atoms with E-state index in [0.717, 1.165) is 12.8 Å². The van der Waals surface area contributed by atoms with Gasteiger partial charge in [0, 0.05) is 44.0 Å². The van der Waals surface area contributed by atoms with Gasteiger partial charge in [0.2, 0.25) is 0 Å². The van der Waals surface area contributed by atoms with Crippen LogP contribution in [0.2, 0.25) is 0 Å². The maximum absolute atomic E-state index is 12.8. The van der Waals surface area contributed by atoms with Crippen molar-refractivity contribution in [1.82, 2.24) is 9.80 Å². The minimum absolute atomic E-state index is 0.119. The summed E-state index contributed by atoms with van der Waals surface area (Å²) in [5, 5.41) is 2.81. The summed E-state index contributed by atoms with van der Waals surface area (Å²) in [5.41, 5.74) is 1.08. The van der Waals surface area contributed by atoms with Crippen molar-refractivity contribution in [2.45, 2.75) is 25.9 Å². The number of piperazine rings is 1. The number of rotatable bonds is 4. The number of benzene rings is 1. The van der Waals surface area contributed by atoms with Gasteiger partial charge in [-0.1, -0.05) is 6.07 Å². The monoisotopic (exact) mass is 375 g/mol. The molecule has 1 aromatic carbocycles. The van der Waals surface area contributed by atoms with Crippen LogP contribution in [0.3, 0.4) is 0 Å². The third kappa shape index (κ3) is 4.77. The van der Waals surface area contributed by atoms with Crippen LogP contribution in [0.15, 0.2) is 24.3 Å². The molecule has 8 heteroatoms. The van der Waals surface area contributed by atoms with Crippen LogP contribution in [0, 0.1) is 0 Å². The van der Waals surface area contributed by atoms with Gasteiger partial charge < -0.3 is 24.6 Å². The van der Waals surface area contributed by atoms with Gasteiger partial charge >= 0.3 is 6.09 Å². The number of hydrogen-bond donors (Lipinski definition) is 1. The number of nitrogens with zero attached hydrogens (tertiary/aromatic N) is 2. The predicted molar refractivity (Wildman–Crippen MR) is 98.5 cm³/mol. The quantitative estimate of drug-likeness (QED) is 0.866. The number of amides is 3. The lowest BCUT2D eigenvalue weighted by molar-refractivity contribution is -0.124. The number of anilines is 1. The SMILES string of the molecule is CCOC(=O)N1CCN(C(=O)c2cccc(NC(=O)C3CCCO3)c2)CC1. The molecule has 0 aliphatic carbocycles. The first kappa shape index (κ1) is 19.2. The van der Waals surface area contributed by atoms with Gasteiger partial charge in [0.15, 0.2) is 0 Å². The number of carbonyl (C=O) groups is 3. The highest BCUT2D eigenvalue weighted by Gasteiger charge is 2.26. The van der Waals surface area contributed by atoms with Crippen molar-refractivity contribution in [3.63, 3.8) is 0 Å². The standard InChI is InChI=1S/C19H25N3O5/c1-2-26-19(25)22-10-8-21(9-11-22)18(24)14-5-3-6-15(13-14)20-17(23)16-7-4-12-27-16/h3,5-6,13,16H,2,4,7-12H2,1H3,(H,20,23). The Balaban J connectivity index is 1.57. The Kier molecular flexibility index (Phi) is 6.28. The molecular formula is C19H25N3O5. The Morgan fingerprint density at radius 2 is 1.93 bits per heavy atom. The first-order chi connectivity index (χ1) is 13.1. The Hall–Kier alpha value is -2.61. The van der Waals surface area contributed by atoms with E-state index in [1.165, 1.54) is 0 Å². The molecule has 1 unspecified atom stereocenters. The molecule has 3 amide bonds. The highest BCUT2D eigenvalue weighted by atomic mass is 16.6. The minimum atomic E-state index is -0.416. The lowest BCUT2D eigenvalue weighted by atomic mass is 10.1. The number of hydrogen-bond acceptors (Lipinski definition) is 5. The smallest absolute Gasteiger partial charge is 0.409 e. The first-order valence-corrected chi connectivity index (χ1v) is 9.32. The molecule has 1 atom stereocenters. The fraction of sp³-hybridized carbons (Fsp3) is 0.526. The maximum atomic E-state index is 12.8. The van der Waals surface area contributed by atoms with Crippen LogP contribution in [0.5, 0.6) is 0 Å². The van der Waals surface area contributed by atoms with Crippen LogP contribution < -0.4 is 5.32 Å². The van der Waals surface area contributed by atoms with E-state index in [-0.39, 0.29) is 17.9 Å². The van der Waals surface area contributed by atoms with Gasteiger partial charge in [-0.25, -0.2) is 4.79 Å². The Labute approximate surface area is 158 Å². The molecule has 2 aliphatic rings. The maximum Gasteiger partial charge on any atom is 0.409 e. The number of carbonyl (C=O) groups excluding carboxylic acids is 3. The van der Waals surface area contributed by atoms with Crippen LogP contribution in [0.25, 0.3) is 0 Å². The summed E-state index contributed by atoms with van der Waals surface area (Å²) in [5.74, 6) is -0.299. The van der Waals surface area contributed by atoms with Crippen molar-refractivity contribution in [3.8, 4) is 0 Å². The average molecular weight is 375 g/mol. The zero-order valence-corrected chi connectivity index (χ0v) is 15.5. The summed E-state index contributed by atoms with van der Waals surface area (Å²) < 4.78 is 10.4. The fourth-order valence-corrected chi connectivity index (χ4v) is 3.23. The van der Waals surface area contributed by atoms with E-state index < -0.39 is 6.10 Å². The van der Waals surface area contributed by atoms with Crippen molar-refractivity contribution in [2.24, 2.45) is 0 Å². The summed E-state index contributed by atoms with van der Waals surface area (Å²) in [6, 6.07) is 6.89. The van der Waals surface area contributed by atoms with Crippen LogP contribution in [0.1, 0.15) is 30.1 Å². The second-order valence-corrected chi connectivity index (χ2v) is 6.55. The lowest BCUT2D eigenvalue weighted by Crippen LogP contribution is -2.50. The molecular weight excluding hydrogens is 350 g/mol. The molecule has 2 heterocycles. The average Bonchev–Trinajstić information content (AvgIpc) is 3.23. The molecule has 0 saturated carbocycles. The van der Waals surface area contributed by atoms with Crippen molar-refractivity contribution < 1.29 is 23.9 Å². The second-order valence-electron chi connectivity index (χ2n) is 6.55. The van der Waals surface area contributed by atoms with E-state index in [0.29, 0.717) is 50.6 Å². The van der Waals surface area contributed by atoms with Crippen molar-refractivity contribution >= 4 is 23.6 Å². The summed E-state index contributed by atoms with van der Waals surface area (Å²) in [7, 11) is 0.